The third-order valence-corrected chi connectivity index (χ3v) is 6.46. The summed E-state index contributed by atoms with van der Waals surface area (Å²) < 4.78 is 1.60. The number of nitriles is 1. The number of nitrogens with one attached hydrogen (secondary N) is 2. The number of nitrogens with two attached hydrogens (primary N) is 2. The van der Waals surface area contributed by atoms with Crippen LogP contribution in [0.1, 0.15) is 37.2 Å². The van der Waals surface area contributed by atoms with Gasteiger partial charge in [0.05, 0.1) is 28.5 Å². The van der Waals surface area contributed by atoms with Gasteiger partial charge in [-0.3, -0.25) is 4.79 Å². The molecule has 0 radical (unpaired) electrons. The van der Waals surface area contributed by atoms with Gasteiger partial charge in [0.25, 0.3) is 5.56 Å². The molecule has 0 bridgehead atoms. The monoisotopic (exact) mass is 466 g/mol. The molecule has 1 spiro atoms. The standard InChI is InChI=1S/C21H23ClN10O/c1-11(27-17-12(9-23)16(24)29-20(25)30-17)18-28-14-4-2-3-13(22)15(14)19(33)32(18)31-8-7-26-21(10-31)5-6-21/h2-4,11,26H,5-8,10H2,1H3,(H5,24,25,27,29,30). The van der Waals surface area contributed by atoms with E-state index in [4.69, 9.17) is 28.1 Å². The predicted octanol–water partition coefficient (Wildman–Crippen LogP) is 1.12. The second kappa shape index (κ2) is 7.75. The number of nitrogen functional groups attached to an aromatic ring is 2. The van der Waals surface area contributed by atoms with Crippen LogP contribution in [0.2, 0.25) is 5.02 Å². The highest BCUT2D eigenvalue weighted by atomic mass is 35.5. The molecule has 1 unspecified atom stereocenters. The molecule has 1 aliphatic carbocycles. The lowest BCUT2D eigenvalue weighted by atomic mass is 10.2. The maximum absolute atomic E-state index is 13.7. The van der Waals surface area contributed by atoms with Crippen molar-refractivity contribution in [2.45, 2.75) is 31.3 Å². The van der Waals surface area contributed by atoms with Gasteiger partial charge in [-0.05, 0) is 31.9 Å². The number of rotatable bonds is 4. The van der Waals surface area contributed by atoms with Crippen molar-refractivity contribution in [3.63, 3.8) is 0 Å². The van der Waals surface area contributed by atoms with Gasteiger partial charge in [0.15, 0.2) is 11.6 Å². The van der Waals surface area contributed by atoms with Crippen molar-refractivity contribution in [3.05, 3.63) is 45.0 Å². The summed E-state index contributed by atoms with van der Waals surface area (Å²) >= 11 is 6.40. The Morgan fingerprint density at radius 3 is 2.82 bits per heavy atom. The molecule has 1 aromatic carbocycles. The molecule has 1 saturated heterocycles. The average molecular weight is 467 g/mol. The molecule has 3 heterocycles. The molecule has 6 N–H and O–H groups in total. The topological polar surface area (TPSA) is 164 Å². The summed E-state index contributed by atoms with van der Waals surface area (Å²) in [4.78, 5) is 26.5. The van der Waals surface area contributed by atoms with Gasteiger partial charge in [-0.15, -0.1) is 0 Å². The van der Waals surface area contributed by atoms with E-state index in [1.165, 1.54) is 0 Å². The number of nitrogens with zero attached hydrogens (tertiary/aromatic N) is 6. The third kappa shape index (κ3) is 3.67. The fraction of sp³-hybridized carbons (Fsp3) is 0.381. The molecule has 33 heavy (non-hydrogen) atoms. The van der Waals surface area contributed by atoms with Crippen LogP contribution < -0.4 is 32.7 Å². The Bertz CT molecular complexity index is 1360. The van der Waals surface area contributed by atoms with E-state index in [9.17, 15) is 10.1 Å². The van der Waals surface area contributed by atoms with Crippen molar-refractivity contribution in [3.8, 4) is 6.07 Å². The highest BCUT2D eigenvalue weighted by Gasteiger charge is 2.46. The Morgan fingerprint density at radius 2 is 2.09 bits per heavy atom. The van der Waals surface area contributed by atoms with Gasteiger partial charge < -0.3 is 27.1 Å². The zero-order valence-corrected chi connectivity index (χ0v) is 18.7. The van der Waals surface area contributed by atoms with Crippen molar-refractivity contribution in [1.29, 1.82) is 5.26 Å². The molecular formula is C21H23ClN10O. The Kier molecular flexibility index (Phi) is 4.99. The highest BCUT2D eigenvalue weighted by Crippen LogP contribution is 2.37. The van der Waals surface area contributed by atoms with Gasteiger partial charge in [0, 0.05) is 18.6 Å². The van der Waals surface area contributed by atoms with E-state index < -0.39 is 6.04 Å². The molecule has 12 heteroatoms. The van der Waals surface area contributed by atoms with Crippen molar-refractivity contribution in [1.82, 2.24) is 24.9 Å². The Labute approximate surface area is 194 Å². The fourth-order valence-electron chi connectivity index (χ4n) is 4.32. The van der Waals surface area contributed by atoms with Crippen molar-refractivity contribution < 1.29 is 0 Å². The van der Waals surface area contributed by atoms with Crippen LogP contribution in [0, 0.1) is 11.3 Å². The van der Waals surface area contributed by atoms with E-state index in [2.05, 4.69) is 20.6 Å². The Balaban J connectivity index is 1.64. The van der Waals surface area contributed by atoms with Crippen LogP contribution >= 0.6 is 11.6 Å². The zero-order valence-electron chi connectivity index (χ0n) is 18.0. The van der Waals surface area contributed by atoms with Crippen LogP contribution in [0.4, 0.5) is 17.6 Å². The molecule has 1 aliphatic heterocycles. The molecule has 170 valence electrons. The summed E-state index contributed by atoms with van der Waals surface area (Å²) in [5, 5.41) is 19.0. The molecule has 2 aromatic heterocycles. The summed E-state index contributed by atoms with van der Waals surface area (Å²) in [6, 6.07) is 6.68. The number of fused-ring (bicyclic) bond motifs is 1. The molecule has 1 atom stereocenters. The van der Waals surface area contributed by atoms with Crippen LogP contribution in [0.3, 0.4) is 0 Å². The highest BCUT2D eigenvalue weighted by molar-refractivity contribution is 6.35. The first-order valence-corrected chi connectivity index (χ1v) is 11.0. The van der Waals surface area contributed by atoms with E-state index in [-0.39, 0.29) is 34.2 Å². The van der Waals surface area contributed by atoms with Crippen molar-refractivity contribution in [2.24, 2.45) is 0 Å². The number of hydrogen-bond acceptors (Lipinski definition) is 10. The average Bonchev–Trinajstić information content (AvgIpc) is 3.51. The molecular weight excluding hydrogens is 444 g/mol. The second-order valence-corrected chi connectivity index (χ2v) is 8.89. The Hall–Kier alpha value is -3.62. The van der Waals surface area contributed by atoms with Crippen molar-refractivity contribution in [2.75, 3.05) is 41.4 Å². The minimum absolute atomic E-state index is 0.0203. The van der Waals surface area contributed by atoms with Crippen LogP contribution in [-0.2, 0) is 0 Å². The first-order valence-electron chi connectivity index (χ1n) is 10.6. The SMILES string of the molecule is CC(Nc1nc(N)nc(N)c1C#N)c1nc2cccc(Cl)c2c(=O)n1N1CCNC2(CC2)C1. The molecule has 3 aromatic rings. The van der Waals surface area contributed by atoms with Crippen molar-refractivity contribution >= 4 is 40.1 Å². The van der Waals surface area contributed by atoms with E-state index in [1.54, 1.807) is 22.9 Å². The lowest BCUT2D eigenvalue weighted by Crippen LogP contribution is -2.59. The number of halogens is 1. The van der Waals surface area contributed by atoms with E-state index in [0.29, 0.717) is 34.8 Å². The zero-order chi connectivity index (χ0) is 23.3. The normalized spacial score (nSPS) is 17.7. The lowest BCUT2D eigenvalue weighted by Gasteiger charge is -2.38. The summed E-state index contributed by atoms with van der Waals surface area (Å²) in [5.74, 6) is 0.566. The van der Waals surface area contributed by atoms with Crippen LogP contribution in [0.15, 0.2) is 23.0 Å². The smallest absolute Gasteiger partial charge is 0.281 e. The van der Waals surface area contributed by atoms with Crippen LogP contribution in [-0.4, -0.2) is 44.8 Å². The number of anilines is 3. The van der Waals surface area contributed by atoms with Gasteiger partial charge >= 0.3 is 0 Å². The largest absolute Gasteiger partial charge is 0.382 e. The first-order chi connectivity index (χ1) is 15.8. The third-order valence-electron chi connectivity index (χ3n) is 6.15. The fourth-order valence-corrected chi connectivity index (χ4v) is 4.57. The van der Waals surface area contributed by atoms with Gasteiger partial charge in [-0.2, -0.15) is 15.2 Å². The quantitative estimate of drug-likeness (QED) is 0.438. The number of aromatic nitrogens is 4. The molecule has 5 rings (SSSR count). The second-order valence-electron chi connectivity index (χ2n) is 8.48. The van der Waals surface area contributed by atoms with Crippen LogP contribution in [0.5, 0.6) is 0 Å². The molecule has 2 aliphatic rings. The first kappa shape index (κ1) is 21.2. The molecule has 11 nitrogen and oxygen atoms in total. The summed E-state index contributed by atoms with van der Waals surface area (Å²) in [5.41, 5.74) is 12.0. The maximum atomic E-state index is 13.7. The summed E-state index contributed by atoms with van der Waals surface area (Å²) in [6.45, 7) is 3.90. The number of hydrogen-bond donors (Lipinski definition) is 4. The van der Waals surface area contributed by atoms with Gasteiger partial charge in [0.2, 0.25) is 5.95 Å². The summed E-state index contributed by atoms with van der Waals surface area (Å²) in [6.07, 6.45) is 2.13. The molecule has 0 amide bonds. The summed E-state index contributed by atoms with van der Waals surface area (Å²) in [7, 11) is 0. The Morgan fingerprint density at radius 1 is 1.30 bits per heavy atom. The molecule has 1 saturated carbocycles. The minimum Gasteiger partial charge on any atom is -0.382 e. The predicted molar refractivity (Wildman–Crippen MR) is 127 cm³/mol. The van der Waals surface area contributed by atoms with Crippen LogP contribution in [0.25, 0.3) is 10.9 Å². The van der Waals surface area contributed by atoms with E-state index in [0.717, 1.165) is 19.4 Å². The van der Waals surface area contributed by atoms with Gasteiger partial charge in [0.1, 0.15) is 17.5 Å². The number of benzene rings is 1. The van der Waals surface area contributed by atoms with Gasteiger partial charge in [-0.1, -0.05) is 17.7 Å². The van der Waals surface area contributed by atoms with E-state index in [1.807, 2.05) is 18.0 Å². The number of piperazine rings is 1. The lowest BCUT2D eigenvalue weighted by molar-refractivity contribution is 0.373. The maximum Gasteiger partial charge on any atom is 0.281 e. The van der Waals surface area contributed by atoms with Gasteiger partial charge in [-0.25, -0.2) is 9.66 Å². The minimum atomic E-state index is -0.521. The van der Waals surface area contributed by atoms with E-state index >= 15 is 0 Å². The molecule has 2 fully saturated rings.